The third-order valence-corrected chi connectivity index (χ3v) is 15.1. The predicted molar refractivity (Wildman–Crippen MR) is 282 cm³/mol. The number of fused-ring (bicyclic) bond motifs is 11. The van der Waals surface area contributed by atoms with Gasteiger partial charge in [0.1, 0.15) is 0 Å². The summed E-state index contributed by atoms with van der Waals surface area (Å²) in [6, 6.07) is 72.5. The van der Waals surface area contributed by atoms with Gasteiger partial charge in [-0.1, -0.05) is 172 Å². The van der Waals surface area contributed by atoms with Crippen LogP contribution in [0, 0.1) is 6.92 Å². The molecule has 66 heavy (non-hydrogen) atoms. The second-order valence-corrected chi connectivity index (χ2v) is 18.6. The first-order valence-electron chi connectivity index (χ1n) is 23.8. The Morgan fingerprint density at radius 3 is 1.88 bits per heavy atom. The molecule has 4 heteroatoms. The topological polar surface area (TPSA) is 11.4 Å². The summed E-state index contributed by atoms with van der Waals surface area (Å²) in [5, 5.41) is 2.58. The van der Waals surface area contributed by atoms with Crippen LogP contribution >= 0.6 is 11.8 Å². The number of rotatable bonds is 8. The van der Waals surface area contributed by atoms with E-state index in [1.807, 2.05) is 25.6 Å². The highest BCUT2D eigenvalue weighted by molar-refractivity contribution is 7.99. The third-order valence-electron chi connectivity index (χ3n) is 14.0. The molecule has 0 fully saturated rings. The lowest BCUT2D eigenvalue weighted by Gasteiger charge is -2.49. The number of nitrogens with zero attached hydrogens (tertiary/aromatic N) is 3. The summed E-state index contributed by atoms with van der Waals surface area (Å²) in [5.74, 6) is 0. The summed E-state index contributed by atoms with van der Waals surface area (Å²) in [7, 11) is 0. The Balaban J connectivity index is 0.00000238. The highest BCUT2D eigenvalue weighted by Gasteiger charge is 2.50. The van der Waals surface area contributed by atoms with Crippen LogP contribution in [-0.2, 0) is 5.41 Å². The van der Waals surface area contributed by atoms with Crippen molar-refractivity contribution in [1.29, 1.82) is 0 Å². The molecule has 0 N–H and O–H groups in total. The maximum atomic E-state index is 2.60. The molecule has 0 bridgehead atoms. The molecule has 1 spiro atoms. The number of aromatic nitrogens is 1. The van der Waals surface area contributed by atoms with E-state index in [4.69, 9.17) is 0 Å². The molecule has 324 valence electrons. The molecule has 1 atom stereocenters. The second kappa shape index (κ2) is 17.4. The molecule has 3 nitrogen and oxygen atoms in total. The number of anilines is 5. The maximum Gasteiger partial charge on any atom is 0.0764 e. The minimum absolute atomic E-state index is 0.253. The molecular formula is C62H55N3S. The zero-order valence-electron chi connectivity index (χ0n) is 38.3. The van der Waals surface area contributed by atoms with Gasteiger partial charge in [0, 0.05) is 43.3 Å². The van der Waals surface area contributed by atoms with Gasteiger partial charge in [-0.3, -0.25) is 0 Å². The average Bonchev–Trinajstić information content (AvgIpc) is 3.70. The molecule has 12 rings (SSSR count). The van der Waals surface area contributed by atoms with E-state index >= 15 is 0 Å². The third kappa shape index (κ3) is 6.56. The molecule has 1 aromatic heterocycles. The van der Waals surface area contributed by atoms with Gasteiger partial charge >= 0.3 is 0 Å². The Bertz CT molecular complexity index is 3260. The Morgan fingerprint density at radius 1 is 0.561 bits per heavy atom. The van der Waals surface area contributed by atoms with Gasteiger partial charge in [-0.15, -0.1) is 0 Å². The van der Waals surface area contributed by atoms with Crippen molar-refractivity contribution < 1.29 is 0 Å². The molecule has 0 amide bonds. The number of hydrogen-bond donors (Lipinski definition) is 0. The van der Waals surface area contributed by atoms with E-state index < -0.39 is 5.41 Å². The normalized spacial score (nSPS) is 14.8. The average molecular weight is 874 g/mol. The summed E-state index contributed by atoms with van der Waals surface area (Å²) in [5.41, 5.74) is 17.5. The van der Waals surface area contributed by atoms with Crippen molar-refractivity contribution in [3.8, 4) is 0 Å². The van der Waals surface area contributed by atoms with Crippen molar-refractivity contribution in [1.82, 2.24) is 4.57 Å². The summed E-state index contributed by atoms with van der Waals surface area (Å²) >= 11 is 1.92. The summed E-state index contributed by atoms with van der Waals surface area (Å²) in [4.78, 5) is 7.67. The highest BCUT2D eigenvalue weighted by Crippen LogP contribution is 2.63. The van der Waals surface area contributed by atoms with Crippen LogP contribution in [0.5, 0.6) is 0 Å². The summed E-state index contributed by atoms with van der Waals surface area (Å²) in [6.07, 6.45) is 9.04. The van der Waals surface area contributed by atoms with Crippen molar-refractivity contribution in [2.24, 2.45) is 0 Å². The fourth-order valence-corrected chi connectivity index (χ4v) is 12.5. The predicted octanol–water partition coefficient (Wildman–Crippen LogP) is 17.3. The molecule has 0 radical (unpaired) electrons. The first-order valence-corrected chi connectivity index (χ1v) is 24.7. The van der Waals surface area contributed by atoms with Crippen LogP contribution in [0.4, 0.5) is 28.4 Å². The van der Waals surface area contributed by atoms with Crippen LogP contribution in [0.1, 0.15) is 74.3 Å². The largest absolute Gasteiger partial charge is 0.334 e. The lowest BCUT2D eigenvalue weighted by molar-refractivity contribution is 0.629. The lowest BCUT2D eigenvalue weighted by Crippen LogP contribution is -2.39. The van der Waals surface area contributed by atoms with Crippen molar-refractivity contribution >= 4 is 67.7 Å². The van der Waals surface area contributed by atoms with E-state index in [-0.39, 0.29) is 6.04 Å². The van der Waals surface area contributed by atoms with Gasteiger partial charge in [0.05, 0.1) is 33.9 Å². The quantitative estimate of drug-likeness (QED) is 0.151. The van der Waals surface area contributed by atoms with Crippen molar-refractivity contribution in [3.63, 3.8) is 0 Å². The Morgan fingerprint density at radius 2 is 1.18 bits per heavy atom. The standard InChI is InChI=1S/C60H49N3S.C2H6/c1-3-20-53(61(43-22-6-4-7-23-43)52-30-15-10-21-41(52)2)42-35-37-45(38-36-42)62-54-31-16-11-26-46(54)47-39-51-59(40-57(47)62)64-58-34-19-14-29-50(58)60(51)48-27-12-17-32-55(48)63(44-24-8-5-9-25-44)56-33-18-13-28-49(56)60;1-2/h4-19,21-35,37,39-40,53H,3,20,36,38H2,1-2H3;1-2H3. The van der Waals surface area contributed by atoms with E-state index in [0.717, 1.165) is 31.4 Å². The molecule has 3 aliphatic rings. The van der Waals surface area contributed by atoms with Crippen LogP contribution in [0.2, 0.25) is 0 Å². The van der Waals surface area contributed by atoms with Gasteiger partial charge in [0.25, 0.3) is 0 Å². The van der Waals surface area contributed by atoms with Crippen molar-refractivity contribution in [2.45, 2.75) is 74.6 Å². The van der Waals surface area contributed by atoms with Gasteiger partial charge < -0.3 is 14.4 Å². The van der Waals surface area contributed by atoms with Crippen molar-refractivity contribution in [2.75, 3.05) is 9.80 Å². The van der Waals surface area contributed by atoms with Gasteiger partial charge in [0.2, 0.25) is 0 Å². The van der Waals surface area contributed by atoms with Gasteiger partial charge in [-0.2, -0.15) is 0 Å². The molecule has 0 saturated heterocycles. The Labute approximate surface area is 394 Å². The van der Waals surface area contributed by atoms with E-state index in [2.05, 4.69) is 234 Å². The SMILES string of the molecule is CC.CCCC(C1=CC=C(n2c3ccccc3c3cc4c(cc32)Sc2ccccc2C42c3ccccc3N(c3ccccc3)c3ccccc32)CC1)N(c1ccccc1)c1ccccc1C. The van der Waals surface area contributed by atoms with Gasteiger partial charge in [0.15, 0.2) is 0 Å². The monoisotopic (exact) mass is 873 g/mol. The van der Waals surface area contributed by atoms with E-state index in [1.165, 1.54) is 93.4 Å². The summed E-state index contributed by atoms with van der Waals surface area (Å²) in [6.45, 7) is 8.56. The van der Waals surface area contributed by atoms with Gasteiger partial charge in [-0.25, -0.2) is 0 Å². The van der Waals surface area contributed by atoms with Crippen LogP contribution in [-0.4, -0.2) is 10.6 Å². The minimum Gasteiger partial charge on any atom is -0.334 e. The zero-order valence-corrected chi connectivity index (χ0v) is 39.1. The van der Waals surface area contributed by atoms with Crippen LogP contribution < -0.4 is 9.80 Å². The second-order valence-electron chi connectivity index (χ2n) is 17.5. The molecule has 3 heterocycles. The van der Waals surface area contributed by atoms with Crippen LogP contribution in [0.3, 0.4) is 0 Å². The maximum absolute atomic E-state index is 2.60. The van der Waals surface area contributed by atoms with Crippen LogP contribution in [0.25, 0.3) is 27.5 Å². The summed E-state index contributed by atoms with van der Waals surface area (Å²) < 4.78 is 2.58. The first-order chi connectivity index (χ1) is 32.6. The molecule has 2 aliphatic heterocycles. The molecule has 1 unspecified atom stereocenters. The number of benzene rings is 8. The smallest absolute Gasteiger partial charge is 0.0764 e. The minimum atomic E-state index is -0.537. The Hall–Kier alpha value is -7.01. The van der Waals surface area contributed by atoms with E-state index in [1.54, 1.807) is 0 Å². The fourth-order valence-electron chi connectivity index (χ4n) is 11.3. The molecule has 0 saturated carbocycles. The van der Waals surface area contributed by atoms with Crippen molar-refractivity contribution in [3.05, 3.63) is 240 Å². The molecule has 9 aromatic rings. The fraction of sp³-hybridized carbons (Fsp3) is 0.161. The first kappa shape index (κ1) is 41.7. The molecular weight excluding hydrogens is 819 g/mol. The van der Waals surface area contributed by atoms with Crippen LogP contribution in [0.15, 0.2) is 222 Å². The number of allylic oxidation sites excluding steroid dienone is 3. The molecule has 8 aromatic carbocycles. The lowest BCUT2D eigenvalue weighted by atomic mass is 9.62. The van der Waals surface area contributed by atoms with Gasteiger partial charge in [-0.05, 0) is 132 Å². The number of hydrogen-bond acceptors (Lipinski definition) is 3. The zero-order chi connectivity index (χ0) is 44.8. The Kier molecular flexibility index (Phi) is 11.0. The highest BCUT2D eigenvalue weighted by atomic mass is 32.2. The number of para-hydroxylation sites is 6. The van der Waals surface area contributed by atoms with E-state index in [9.17, 15) is 0 Å². The molecule has 1 aliphatic carbocycles. The van der Waals surface area contributed by atoms with E-state index in [0.29, 0.717) is 0 Å². The number of aryl methyl sites for hydroxylation is 1.